The van der Waals surface area contributed by atoms with Crippen LogP contribution in [-0.4, -0.2) is 65.9 Å². The van der Waals surface area contributed by atoms with Crippen LogP contribution in [0.4, 0.5) is 0 Å². The van der Waals surface area contributed by atoms with Crippen LogP contribution in [0.1, 0.15) is 52.4 Å². The van der Waals surface area contributed by atoms with E-state index < -0.39 is 47.7 Å². The van der Waals surface area contributed by atoms with Gasteiger partial charge in [0.15, 0.2) is 0 Å². The quantitative estimate of drug-likeness (QED) is 0.131. The lowest BCUT2D eigenvalue weighted by atomic mass is 9.97. The molecule has 0 bridgehead atoms. The van der Waals surface area contributed by atoms with Gasteiger partial charge in [-0.3, -0.25) is 19.2 Å². The van der Waals surface area contributed by atoms with Crippen molar-refractivity contribution in [3.05, 3.63) is 0 Å². The third-order valence-electron chi connectivity index (χ3n) is 4.87. The topological polar surface area (TPSA) is 220 Å². The van der Waals surface area contributed by atoms with E-state index in [1.165, 1.54) is 0 Å². The average Bonchev–Trinajstić information content (AvgIpc) is 2.72. The molecule has 0 spiro atoms. The van der Waals surface area contributed by atoms with Crippen molar-refractivity contribution >= 4 is 29.6 Å². The Balaban J connectivity index is 5.42. The molecule has 4 atom stereocenters. The number of hydrogen-bond acceptors (Lipinski definition) is 7. The summed E-state index contributed by atoms with van der Waals surface area (Å²) in [7, 11) is 0. The first-order chi connectivity index (χ1) is 14.6. The van der Waals surface area contributed by atoms with Gasteiger partial charge in [-0.05, 0) is 38.1 Å². The van der Waals surface area contributed by atoms with Gasteiger partial charge in [-0.1, -0.05) is 20.3 Å². The van der Waals surface area contributed by atoms with Crippen LogP contribution in [0.25, 0.3) is 0 Å². The summed E-state index contributed by atoms with van der Waals surface area (Å²) < 4.78 is 0. The maximum Gasteiger partial charge on any atom is 0.326 e. The third-order valence-corrected chi connectivity index (χ3v) is 4.87. The fourth-order valence-corrected chi connectivity index (χ4v) is 2.77. The van der Waals surface area contributed by atoms with Gasteiger partial charge >= 0.3 is 5.97 Å². The fraction of sp³-hybridized carbons (Fsp3) is 0.737. The molecule has 0 radical (unpaired) electrons. The highest BCUT2D eigenvalue weighted by molar-refractivity contribution is 5.94. The number of aliphatic carboxylic acids is 1. The van der Waals surface area contributed by atoms with Crippen molar-refractivity contribution in [1.82, 2.24) is 16.0 Å². The van der Waals surface area contributed by atoms with E-state index >= 15 is 0 Å². The summed E-state index contributed by atoms with van der Waals surface area (Å²) in [6, 6.07) is -3.34. The number of primary amides is 1. The van der Waals surface area contributed by atoms with Gasteiger partial charge in [-0.15, -0.1) is 0 Å². The van der Waals surface area contributed by atoms with Gasteiger partial charge in [0, 0.05) is 6.42 Å². The summed E-state index contributed by atoms with van der Waals surface area (Å²) in [5, 5.41) is 16.8. The van der Waals surface area contributed by atoms with E-state index in [0.717, 1.165) is 0 Å². The largest absolute Gasteiger partial charge is 0.480 e. The summed E-state index contributed by atoms with van der Waals surface area (Å²) in [4.78, 5) is 59.8. The second-order valence-corrected chi connectivity index (χ2v) is 7.38. The summed E-state index contributed by atoms with van der Waals surface area (Å²) in [5.74, 6) is -4.11. The van der Waals surface area contributed by atoms with Gasteiger partial charge in [0.25, 0.3) is 0 Å². The minimum atomic E-state index is -1.22. The number of hydrogen-bond donors (Lipinski definition) is 7. The van der Waals surface area contributed by atoms with Crippen LogP contribution in [0.2, 0.25) is 0 Å². The highest BCUT2D eigenvalue weighted by atomic mass is 16.4. The van der Waals surface area contributed by atoms with Crippen LogP contribution in [0.15, 0.2) is 0 Å². The second kappa shape index (κ2) is 15.1. The van der Waals surface area contributed by atoms with Crippen molar-refractivity contribution in [3.8, 4) is 0 Å². The normalized spacial score (nSPS) is 14.6. The Morgan fingerprint density at radius 3 is 2.00 bits per heavy atom. The van der Waals surface area contributed by atoms with E-state index in [-0.39, 0.29) is 31.7 Å². The number of carbonyl (C=O) groups excluding carboxylic acids is 4. The van der Waals surface area contributed by atoms with Gasteiger partial charge in [0.05, 0.1) is 6.54 Å². The lowest BCUT2D eigenvalue weighted by Gasteiger charge is -2.27. The summed E-state index contributed by atoms with van der Waals surface area (Å²) >= 11 is 0. The number of carboxylic acids is 1. The van der Waals surface area contributed by atoms with Crippen molar-refractivity contribution in [3.63, 3.8) is 0 Å². The van der Waals surface area contributed by atoms with E-state index in [0.29, 0.717) is 25.8 Å². The molecule has 0 heterocycles. The van der Waals surface area contributed by atoms with E-state index in [9.17, 15) is 29.1 Å². The van der Waals surface area contributed by atoms with Crippen LogP contribution in [-0.2, 0) is 24.0 Å². The molecule has 12 heteroatoms. The summed E-state index contributed by atoms with van der Waals surface area (Å²) in [5.41, 5.74) is 15.9. The molecule has 4 amide bonds. The Labute approximate surface area is 182 Å². The molecule has 0 aliphatic carbocycles. The monoisotopic (exact) mass is 444 g/mol. The maximum atomic E-state index is 12.8. The molecule has 0 aromatic heterocycles. The van der Waals surface area contributed by atoms with Gasteiger partial charge in [0.2, 0.25) is 23.6 Å². The number of nitrogens with one attached hydrogen (secondary N) is 3. The Morgan fingerprint density at radius 2 is 1.52 bits per heavy atom. The van der Waals surface area contributed by atoms with Gasteiger partial charge < -0.3 is 38.3 Å². The van der Waals surface area contributed by atoms with Gasteiger partial charge in [0.1, 0.15) is 18.1 Å². The van der Waals surface area contributed by atoms with Crippen LogP contribution in [0, 0.1) is 5.92 Å². The lowest BCUT2D eigenvalue weighted by Crippen LogP contribution is -2.57. The standard InChI is InChI=1S/C19H36N6O6/c1-3-11(2)16(25-15(27)10-21)18(29)23-12(7-8-14(22)26)17(28)24-13(19(30)31)6-4-5-9-20/h11-13,16H,3-10,20-21H2,1-2H3,(H2,22,26)(H,23,29)(H,24,28)(H,25,27)(H,30,31). The minimum absolute atomic E-state index is 0.125. The number of carbonyl (C=O) groups is 5. The molecular formula is C19H36N6O6. The molecule has 4 unspecified atom stereocenters. The van der Waals surface area contributed by atoms with E-state index in [2.05, 4.69) is 16.0 Å². The number of amides is 4. The molecule has 0 saturated heterocycles. The minimum Gasteiger partial charge on any atom is -0.480 e. The second-order valence-electron chi connectivity index (χ2n) is 7.38. The van der Waals surface area contributed by atoms with Crippen molar-refractivity contribution in [1.29, 1.82) is 0 Å². The molecule has 0 aromatic rings. The molecule has 31 heavy (non-hydrogen) atoms. The zero-order chi connectivity index (χ0) is 24.0. The Bertz CT molecular complexity index is 629. The Morgan fingerprint density at radius 1 is 0.903 bits per heavy atom. The maximum absolute atomic E-state index is 12.8. The molecule has 0 saturated carbocycles. The van der Waals surface area contributed by atoms with Crippen LogP contribution in [0.5, 0.6) is 0 Å². The average molecular weight is 445 g/mol. The highest BCUT2D eigenvalue weighted by Crippen LogP contribution is 2.10. The predicted octanol–water partition coefficient (Wildman–Crippen LogP) is -2.08. The van der Waals surface area contributed by atoms with Crippen molar-refractivity contribution in [2.24, 2.45) is 23.1 Å². The molecule has 12 nitrogen and oxygen atoms in total. The molecule has 10 N–H and O–H groups in total. The Kier molecular flexibility index (Phi) is 13.8. The highest BCUT2D eigenvalue weighted by Gasteiger charge is 2.31. The van der Waals surface area contributed by atoms with Crippen LogP contribution in [0.3, 0.4) is 0 Å². The first kappa shape index (κ1) is 28.3. The zero-order valence-electron chi connectivity index (χ0n) is 18.2. The summed E-state index contributed by atoms with van der Waals surface area (Å²) in [6.45, 7) is 3.66. The molecular weight excluding hydrogens is 408 g/mol. The number of rotatable bonds is 16. The summed E-state index contributed by atoms with van der Waals surface area (Å²) in [6.07, 6.45) is 1.48. The molecule has 0 aliphatic heterocycles. The predicted molar refractivity (Wildman–Crippen MR) is 113 cm³/mol. The van der Waals surface area contributed by atoms with Crippen LogP contribution < -0.4 is 33.2 Å². The smallest absolute Gasteiger partial charge is 0.326 e. The molecule has 0 rings (SSSR count). The first-order valence-electron chi connectivity index (χ1n) is 10.4. The van der Waals surface area contributed by atoms with E-state index in [4.69, 9.17) is 17.2 Å². The third kappa shape index (κ3) is 11.3. The molecule has 0 fully saturated rings. The lowest BCUT2D eigenvalue weighted by molar-refractivity contribution is -0.142. The number of carboxylic acid groups (broad SMARTS) is 1. The van der Waals surface area contributed by atoms with Gasteiger partial charge in [-0.2, -0.15) is 0 Å². The van der Waals surface area contributed by atoms with Crippen LogP contribution >= 0.6 is 0 Å². The number of nitrogens with two attached hydrogens (primary N) is 3. The first-order valence-corrected chi connectivity index (χ1v) is 10.4. The van der Waals surface area contributed by atoms with E-state index in [1.807, 2.05) is 6.92 Å². The Hall–Kier alpha value is -2.73. The molecule has 178 valence electrons. The molecule has 0 aromatic carbocycles. The molecule has 0 aliphatic rings. The zero-order valence-corrected chi connectivity index (χ0v) is 18.2. The van der Waals surface area contributed by atoms with Crippen molar-refractivity contribution in [2.75, 3.05) is 13.1 Å². The SMILES string of the molecule is CCC(C)C(NC(=O)CN)C(=O)NC(CCC(N)=O)C(=O)NC(CCCCN)C(=O)O. The fourth-order valence-electron chi connectivity index (χ4n) is 2.77. The van der Waals surface area contributed by atoms with E-state index in [1.54, 1.807) is 6.92 Å². The number of unbranched alkanes of at least 4 members (excludes halogenated alkanes) is 1. The van der Waals surface area contributed by atoms with Crippen molar-refractivity contribution in [2.45, 2.75) is 70.5 Å². The van der Waals surface area contributed by atoms with Crippen molar-refractivity contribution < 1.29 is 29.1 Å². The van der Waals surface area contributed by atoms with Gasteiger partial charge in [-0.25, -0.2) is 4.79 Å².